The van der Waals surface area contributed by atoms with Crippen LogP contribution in [0.5, 0.6) is 0 Å². The summed E-state index contributed by atoms with van der Waals surface area (Å²) in [6, 6.07) is 0. The van der Waals surface area contributed by atoms with Crippen molar-refractivity contribution in [1.82, 2.24) is 0 Å². The maximum absolute atomic E-state index is 10.7. The third kappa shape index (κ3) is 8.10. The zero-order valence-corrected chi connectivity index (χ0v) is 9.40. The molecule has 0 bridgehead atoms. The van der Waals surface area contributed by atoms with E-state index >= 15 is 0 Å². The zero-order valence-electron chi connectivity index (χ0n) is 8.58. The fraction of sp³-hybridized carbons (Fsp3) is 0.900. The van der Waals surface area contributed by atoms with Crippen LogP contribution in [0.1, 0.15) is 52.4 Å². The summed E-state index contributed by atoms with van der Waals surface area (Å²) < 4.78 is 0. The first-order chi connectivity index (χ1) is 5.72. The van der Waals surface area contributed by atoms with Crippen LogP contribution in [0.15, 0.2) is 0 Å². The SMILES string of the molecule is CCCCC(CCCC)C(=O)O.Cl. The van der Waals surface area contributed by atoms with Gasteiger partial charge in [0.25, 0.3) is 0 Å². The molecule has 0 radical (unpaired) electrons. The molecule has 0 aromatic carbocycles. The first-order valence-corrected chi connectivity index (χ1v) is 4.95. The highest BCUT2D eigenvalue weighted by atomic mass is 35.5. The fourth-order valence-electron chi connectivity index (χ4n) is 1.29. The number of halogens is 1. The molecule has 0 aliphatic rings. The van der Waals surface area contributed by atoms with Crippen molar-refractivity contribution < 1.29 is 9.90 Å². The van der Waals surface area contributed by atoms with Crippen LogP contribution in [-0.2, 0) is 4.79 Å². The topological polar surface area (TPSA) is 37.3 Å². The molecule has 0 unspecified atom stereocenters. The van der Waals surface area contributed by atoms with Crippen LogP contribution in [-0.4, -0.2) is 11.1 Å². The Kier molecular flexibility index (Phi) is 11.5. The Morgan fingerprint density at radius 3 is 1.77 bits per heavy atom. The molecule has 0 aliphatic heterocycles. The van der Waals surface area contributed by atoms with Crippen molar-refractivity contribution in [3.05, 3.63) is 0 Å². The van der Waals surface area contributed by atoms with Crippen molar-refractivity contribution in [3.8, 4) is 0 Å². The van der Waals surface area contributed by atoms with Gasteiger partial charge in [-0.15, -0.1) is 12.4 Å². The van der Waals surface area contributed by atoms with Crippen LogP contribution in [0.4, 0.5) is 0 Å². The Balaban J connectivity index is 0. The third-order valence-corrected chi connectivity index (χ3v) is 2.16. The minimum atomic E-state index is -0.614. The molecule has 2 nitrogen and oxygen atoms in total. The van der Waals surface area contributed by atoms with Crippen molar-refractivity contribution in [3.63, 3.8) is 0 Å². The molecule has 0 amide bonds. The molecule has 0 heterocycles. The predicted molar refractivity (Wildman–Crippen MR) is 57.4 cm³/mol. The molecular formula is C10H21ClO2. The number of hydrogen-bond acceptors (Lipinski definition) is 1. The highest BCUT2D eigenvalue weighted by molar-refractivity contribution is 5.85. The van der Waals surface area contributed by atoms with E-state index < -0.39 is 5.97 Å². The molecule has 0 aromatic heterocycles. The minimum absolute atomic E-state index is 0. The lowest BCUT2D eigenvalue weighted by Crippen LogP contribution is -2.13. The Labute approximate surface area is 87.1 Å². The molecule has 0 atom stereocenters. The number of aliphatic carboxylic acids is 1. The molecule has 3 heteroatoms. The summed E-state index contributed by atoms with van der Waals surface area (Å²) in [5.41, 5.74) is 0. The number of carbonyl (C=O) groups is 1. The van der Waals surface area contributed by atoms with Gasteiger partial charge in [-0.2, -0.15) is 0 Å². The lowest BCUT2D eigenvalue weighted by molar-refractivity contribution is -0.142. The average molecular weight is 209 g/mol. The summed E-state index contributed by atoms with van der Waals surface area (Å²) in [4.78, 5) is 10.7. The molecule has 13 heavy (non-hydrogen) atoms. The molecule has 0 aliphatic carbocycles. The number of carboxylic acid groups (broad SMARTS) is 1. The van der Waals surface area contributed by atoms with E-state index in [2.05, 4.69) is 13.8 Å². The lowest BCUT2D eigenvalue weighted by Gasteiger charge is -2.10. The third-order valence-electron chi connectivity index (χ3n) is 2.16. The number of carboxylic acids is 1. The molecule has 0 fully saturated rings. The summed E-state index contributed by atoms with van der Waals surface area (Å²) >= 11 is 0. The summed E-state index contributed by atoms with van der Waals surface area (Å²) in [6.45, 7) is 4.19. The van der Waals surface area contributed by atoms with Crippen molar-refractivity contribution in [2.24, 2.45) is 5.92 Å². The number of rotatable bonds is 7. The summed E-state index contributed by atoms with van der Waals surface area (Å²) in [7, 11) is 0. The number of unbranched alkanes of at least 4 members (excludes halogenated alkanes) is 2. The van der Waals surface area contributed by atoms with Crippen molar-refractivity contribution >= 4 is 18.4 Å². The van der Waals surface area contributed by atoms with Crippen LogP contribution < -0.4 is 0 Å². The van der Waals surface area contributed by atoms with E-state index in [1.54, 1.807) is 0 Å². The average Bonchev–Trinajstić information content (AvgIpc) is 2.04. The quantitative estimate of drug-likeness (QED) is 0.696. The standard InChI is InChI=1S/C10H20O2.ClH/c1-3-5-7-9(10(11)12)8-6-4-2;/h9H,3-8H2,1-2H3,(H,11,12);1H. The molecule has 0 spiro atoms. The van der Waals surface area contributed by atoms with Gasteiger partial charge < -0.3 is 5.11 Å². The van der Waals surface area contributed by atoms with Gasteiger partial charge in [0.2, 0.25) is 0 Å². The van der Waals surface area contributed by atoms with E-state index in [1.807, 2.05) is 0 Å². The summed E-state index contributed by atoms with van der Waals surface area (Å²) in [6.07, 6.45) is 5.98. The Morgan fingerprint density at radius 1 is 1.15 bits per heavy atom. The van der Waals surface area contributed by atoms with Crippen LogP contribution in [0, 0.1) is 5.92 Å². The van der Waals surface area contributed by atoms with E-state index in [4.69, 9.17) is 5.11 Å². The maximum atomic E-state index is 10.7. The molecule has 0 saturated carbocycles. The van der Waals surface area contributed by atoms with Gasteiger partial charge in [0, 0.05) is 0 Å². The molecule has 0 rings (SSSR count). The van der Waals surface area contributed by atoms with E-state index in [1.165, 1.54) is 0 Å². The Hall–Kier alpha value is -0.240. The molecular weight excluding hydrogens is 188 g/mol. The van der Waals surface area contributed by atoms with E-state index in [9.17, 15) is 4.79 Å². The predicted octanol–water partition coefficient (Wildman–Crippen LogP) is 3.49. The Bertz CT molecular complexity index is 118. The minimum Gasteiger partial charge on any atom is -0.481 e. The summed E-state index contributed by atoms with van der Waals surface area (Å²) in [5.74, 6) is -0.707. The first kappa shape index (κ1) is 15.2. The molecule has 0 saturated heterocycles. The van der Waals surface area contributed by atoms with Crippen molar-refractivity contribution in [1.29, 1.82) is 0 Å². The second kappa shape index (κ2) is 9.85. The van der Waals surface area contributed by atoms with E-state index in [0.717, 1.165) is 38.5 Å². The van der Waals surface area contributed by atoms with Crippen molar-refractivity contribution in [2.45, 2.75) is 52.4 Å². The zero-order chi connectivity index (χ0) is 9.40. The van der Waals surface area contributed by atoms with Crippen molar-refractivity contribution in [2.75, 3.05) is 0 Å². The normalized spacial score (nSPS) is 9.77. The highest BCUT2D eigenvalue weighted by Gasteiger charge is 2.15. The molecule has 80 valence electrons. The largest absolute Gasteiger partial charge is 0.481 e. The smallest absolute Gasteiger partial charge is 0.306 e. The van der Waals surface area contributed by atoms with E-state index in [0.29, 0.717) is 0 Å². The van der Waals surface area contributed by atoms with Crippen LogP contribution in [0.3, 0.4) is 0 Å². The van der Waals surface area contributed by atoms with Gasteiger partial charge in [0.05, 0.1) is 5.92 Å². The van der Waals surface area contributed by atoms with Gasteiger partial charge in [0.1, 0.15) is 0 Å². The first-order valence-electron chi connectivity index (χ1n) is 4.95. The van der Waals surface area contributed by atoms with Gasteiger partial charge >= 0.3 is 5.97 Å². The second-order valence-corrected chi connectivity index (χ2v) is 3.32. The van der Waals surface area contributed by atoms with Gasteiger partial charge in [-0.05, 0) is 12.8 Å². The highest BCUT2D eigenvalue weighted by Crippen LogP contribution is 2.15. The van der Waals surface area contributed by atoms with Gasteiger partial charge in [0.15, 0.2) is 0 Å². The van der Waals surface area contributed by atoms with E-state index in [-0.39, 0.29) is 18.3 Å². The van der Waals surface area contributed by atoms with Crippen LogP contribution in [0.25, 0.3) is 0 Å². The lowest BCUT2D eigenvalue weighted by atomic mass is 9.96. The summed E-state index contributed by atoms with van der Waals surface area (Å²) in [5, 5.41) is 8.83. The molecule has 1 N–H and O–H groups in total. The van der Waals surface area contributed by atoms with Gasteiger partial charge in [-0.25, -0.2) is 0 Å². The van der Waals surface area contributed by atoms with Gasteiger partial charge in [-0.3, -0.25) is 4.79 Å². The monoisotopic (exact) mass is 208 g/mol. The molecule has 0 aromatic rings. The van der Waals surface area contributed by atoms with Gasteiger partial charge in [-0.1, -0.05) is 39.5 Å². The fourth-order valence-corrected chi connectivity index (χ4v) is 1.29. The number of hydrogen-bond donors (Lipinski definition) is 1. The second-order valence-electron chi connectivity index (χ2n) is 3.32. The van der Waals surface area contributed by atoms with Crippen LogP contribution >= 0.6 is 12.4 Å². The maximum Gasteiger partial charge on any atom is 0.306 e. The van der Waals surface area contributed by atoms with Crippen LogP contribution in [0.2, 0.25) is 0 Å². The Morgan fingerprint density at radius 2 is 1.54 bits per heavy atom.